The second-order valence-corrected chi connectivity index (χ2v) is 1.91. The number of hydrazone groups is 1. The molecule has 0 aromatic heterocycles. The van der Waals surface area contributed by atoms with Crippen molar-refractivity contribution in [2.45, 2.75) is 0 Å². The molecule has 0 aliphatic heterocycles. The lowest BCUT2D eigenvalue weighted by atomic mass is 10.9. The maximum atomic E-state index is 3.40. The summed E-state index contributed by atoms with van der Waals surface area (Å²) in [4.78, 5) is 0. The summed E-state index contributed by atoms with van der Waals surface area (Å²) in [5.74, 6) is 0. The number of hydrogen-bond acceptors (Lipinski definition) is 3. The highest BCUT2D eigenvalue weighted by molar-refractivity contribution is 9.11. The maximum absolute atomic E-state index is 3.40. The van der Waals surface area contributed by atoms with E-state index in [0.717, 1.165) is 4.61 Å². The number of rotatable bonds is 3. The third-order valence-corrected chi connectivity index (χ3v) is 0.863. The molecule has 0 amide bonds. The van der Waals surface area contributed by atoms with Gasteiger partial charge in [0.25, 0.3) is 0 Å². The van der Waals surface area contributed by atoms with Crippen LogP contribution in [0.4, 0.5) is 0 Å². The van der Waals surface area contributed by atoms with Gasteiger partial charge < -0.3 is 5.32 Å². The molecule has 0 bridgehead atoms. The molecule has 0 aliphatic rings. The summed E-state index contributed by atoms with van der Waals surface area (Å²) < 4.78 is 0.759. The van der Waals surface area contributed by atoms with Crippen LogP contribution < -0.4 is 10.7 Å². The van der Waals surface area contributed by atoms with Crippen LogP contribution in [-0.4, -0.2) is 13.8 Å². The van der Waals surface area contributed by atoms with E-state index in [0.29, 0.717) is 0 Å². The van der Waals surface area contributed by atoms with Crippen LogP contribution in [0.5, 0.6) is 0 Å². The quantitative estimate of drug-likeness (QED) is 0.377. The fraction of sp³-hybridized carbons (Fsp3) is 0.250. The van der Waals surface area contributed by atoms with Crippen molar-refractivity contribution in [1.82, 2.24) is 10.7 Å². The minimum Gasteiger partial charge on any atom is -0.392 e. The minimum atomic E-state index is 0.759. The molecular formula is C4H8BrN3. The number of hydrogen-bond donors (Lipinski definition) is 2. The lowest BCUT2D eigenvalue weighted by molar-refractivity contribution is 0.940. The van der Waals surface area contributed by atoms with Gasteiger partial charge >= 0.3 is 0 Å². The number of halogens is 1. The molecule has 0 spiro atoms. The van der Waals surface area contributed by atoms with Crippen LogP contribution in [0.15, 0.2) is 15.9 Å². The van der Waals surface area contributed by atoms with E-state index in [-0.39, 0.29) is 0 Å². The molecule has 0 unspecified atom stereocenters. The highest BCUT2D eigenvalue weighted by Gasteiger charge is 1.79. The fourth-order valence-electron chi connectivity index (χ4n) is 0.235. The Morgan fingerprint density at radius 1 is 1.88 bits per heavy atom. The molecule has 3 nitrogen and oxygen atoms in total. The molecule has 0 aromatic carbocycles. The van der Waals surface area contributed by atoms with Crippen LogP contribution in [0.25, 0.3) is 0 Å². The predicted molar refractivity (Wildman–Crippen MR) is 38.8 cm³/mol. The molecule has 0 radical (unpaired) electrons. The highest BCUT2D eigenvalue weighted by Crippen LogP contribution is 1.95. The smallest absolute Gasteiger partial charge is 0.114 e. The van der Waals surface area contributed by atoms with E-state index in [2.05, 4.69) is 38.5 Å². The Morgan fingerprint density at radius 2 is 2.50 bits per heavy atom. The van der Waals surface area contributed by atoms with Gasteiger partial charge in [-0.2, -0.15) is 5.10 Å². The first-order chi connectivity index (χ1) is 3.81. The van der Waals surface area contributed by atoms with Crippen molar-refractivity contribution in [2.24, 2.45) is 5.10 Å². The van der Waals surface area contributed by atoms with Gasteiger partial charge in [-0.15, -0.1) is 0 Å². The average Bonchev–Trinajstić information content (AvgIpc) is 1.68. The summed E-state index contributed by atoms with van der Waals surface area (Å²) in [7, 11) is 1.80. The summed E-state index contributed by atoms with van der Waals surface area (Å²) in [6.45, 7) is 3.22. The van der Waals surface area contributed by atoms with E-state index in [1.165, 1.54) is 0 Å². The molecular weight excluding hydrogens is 170 g/mol. The largest absolute Gasteiger partial charge is 0.392 e. The topological polar surface area (TPSA) is 36.4 Å². The van der Waals surface area contributed by atoms with Crippen LogP contribution in [-0.2, 0) is 0 Å². The summed E-state index contributed by atoms with van der Waals surface area (Å²) >= 11 is 3.15. The van der Waals surface area contributed by atoms with E-state index >= 15 is 0 Å². The Labute approximate surface area is 57.0 Å². The number of nitrogens with one attached hydrogen (secondary N) is 2. The van der Waals surface area contributed by atoms with Crippen molar-refractivity contribution in [3.05, 3.63) is 10.8 Å². The second kappa shape index (κ2) is 4.64. The second-order valence-electron chi connectivity index (χ2n) is 1.05. The number of nitrogens with zero attached hydrogens (tertiary/aromatic N) is 1. The van der Waals surface area contributed by atoms with Gasteiger partial charge in [0.15, 0.2) is 0 Å². The van der Waals surface area contributed by atoms with Gasteiger partial charge in [0.1, 0.15) is 4.61 Å². The first-order valence-electron chi connectivity index (χ1n) is 2.06. The molecule has 0 aromatic rings. The van der Waals surface area contributed by atoms with Gasteiger partial charge in [0.2, 0.25) is 0 Å². The third kappa shape index (κ3) is 3.67. The predicted octanol–water partition coefficient (Wildman–Crippen LogP) is 0.605. The lowest BCUT2D eigenvalue weighted by Gasteiger charge is -1.93. The van der Waals surface area contributed by atoms with E-state index in [9.17, 15) is 0 Å². The third-order valence-electron chi connectivity index (χ3n) is 0.457. The van der Waals surface area contributed by atoms with Gasteiger partial charge in [-0.25, -0.2) is 0 Å². The molecule has 8 heavy (non-hydrogen) atoms. The standard InChI is InChI=1S/C4H8BrN3/c1-6-3-4(5)8-7-2/h3,6,8H,2H2,1H3/b4-3-. The summed E-state index contributed by atoms with van der Waals surface area (Å²) in [5, 5.41) is 6.19. The van der Waals surface area contributed by atoms with E-state index < -0.39 is 0 Å². The van der Waals surface area contributed by atoms with Crippen molar-refractivity contribution in [2.75, 3.05) is 7.05 Å². The Balaban J connectivity index is 3.44. The SMILES string of the molecule is C=NN/C(Br)=C\NC. The Morgan fingerprint density at radius 3 is 2.88 bits per heavy atom. The first kappa shape index (κ1) is 7.49. The molecule has 0 heterocycles. The lowest BCUT2D eigenvalue weighted by Crippen LogP contribution is -2.02. The molecule has 0 atom stereocenters. The van der Waals surface area contributed by atoms with Gasteiger partial charge in [0.05, 0.1) is 0 Å². The summed E-state index contributed by atoms with van der Waals surface area (Å²) in [6.07, 6.45) is 1.72. The monoisotopic (exact) mass is 177 g/mol. The molecule has 2 N–H and O–H groups in total. The molecule has 46 valence electrons. The van der Waals surface area contributed by atoms with Gasteiger partial charge in [-0.3, -0.25) is 5.43 Å². The molecule has 0 aliphatic carbocycles. The van der Waals surface area contributed by atoms with Crippen LogP contribution >= 0.6 is 15.9 Å². The summed E-state index contributed by atoms with van der Waals surface area (Å²) in [6, 6.07) is 0. The van der Waals surface area contributed by atoms with Crippen molar-refractivity contribution in [3.63, 3.8) is 0 Å². The average molecular weight is 178 g/mol. The molecule has 4 heteroatoms. The Hall–Kier alpha value is -0.510. The molecule has 0 rings (SSSR count). The zero-order valence-electron chi connectivity index (χ0n) is 4.61. The minimum absolute atomic E-state index is 0.759. The van der Waals surface area contributed by atoms with Crippen molar-refractivity contribution in [1.29, 1.82) is 0 Å². The van der Waals surface area contributed by atoms with Crippen molar-refractivity contribution in [3.8, 4) is 0 Å². The zero-order valence-corrected chi connectivity index (χ0v) is 6.20. The highest BCUT2D eigenvalue weighted by atomic mass is 79.9. The normalized spacial score (nSPS) is 10.5. The van der Waals surface area contributed by atoms with E-state index in [1.54, 1.807) is 13.2 Å². The van der Waals surface area contributed by atoms with E-state index in [1.807, 2.05) is 0 Å². The van der Waals surface area contributed by atoms with Crippen molar-refractivity contribution >= 4 is 22.6 Å². The van der Waals surface area contributed by atoms with Crippen LogP contribution in [0.1, 0.15) is 0 Å². The van der Waals surface area contributed by atoms with Gasteiger partial charge in [0, 0.05) is 20.0 Å². The zero-order chi connectivity index (χ0) is 6.41. The Kier molecular flexibility index (Phi) is 4.35. The van der Waals surface area contributed by atoms with Crippen molar-refractivity contribution < 1.29 is 0 Å². The summed E-state index contributed by atoms with van der Waals surface area (Å²) in [5.41, 5.74) is 2.58. The van der Waals surface area contributed by atoms with Gasteiger partial charge in [-0.05, 0) is 15.9 Å². The Bertz CT molecular complexity index is 99.5. The first-order valence-corrected chi connectivity index (χ1v) is 2.85. The molecule has 0 fully saturated rings. The van der Waals surface area contributed by atoms with Crippen LogP contribution in [0, 0.1) is 0 Å². The van der Waals surface area contributed by atoms with Gasteiger partial charge in [-0.1, -0.05) is 0 Å². The molecule has 0 saturated heterocycles. The van der Waals surface area contributed by atoms with Crippen LogP contribution in [0.2, 0.25) is 0 Å². The molecule has 0 saturated carbocycles. The fourth-order valence-corrected chi connectivity index (χ4v) is 0.589. The van der Waals surface area contributed by atoms with E-state index in [4.69, 9.17) is 0 Å². The van der Waals surface area contributed by atoms with Crippen LogP contribution in [0.3, 0.4) is 0 Å². The maximum Gasteiger partial charge on any atom is 0.114 e.